The summed E-state index contributed by atoms with van der Waals surface area (Å²) in [7, 11) is 1.92. The summed E-state index contributed by atoms with van der Waals surface area (Å²) in [6.45, 7) is 0. The molecule has 3 heterocycles. The molecule has 6 heteroatoms. The summed E-state index contributed by atoms with van der Waals surface area (Å²) in [4.78, 5) is 15.8. The van der Waals surface area contributed by atoms with Crippen LogP contribution in [0.25, 0.3) is 33.2 Å². The van der Waals surface area contributed by atoms with Gasteiger partial charge in [-0.3, -0.25) is 9.48 Å². The van der Waals surface area contributed by atoms with Gasteiger partial charge in [-0.25, -0.2) is 0 Å². The quantitative estimate of drug-likeness (QED) is 0.471. The molecular formula is C29H27N5O. The second-order valence-corrected chi connectivity index (χ2v) is 9.85. The van der Waals surface area contributed by atoms with Crippen LogP contribution in [0.15, 0.2) is 66.9 Å². The van der Waals surface area contributed by atoms with Crippen molar-refractivity contribution in [1.29, 1.82) is 5.26 Å². The first kappa shape index (κ1) is 21.6. The van der Waals surface area contributed by atoms with Crippen molar-refractivity contribution in [3.8, 4) is 28.3 Å². The molecule has 6 rings (SSSR count). The van der Waals surface area contributed by atoms with Crippen molar-refractivity contribution in [2.24, 2.45) is 12.8 Å². The van der Waals surface area contributed by atoms with E-state index in [9.17, 15) is 10.1 Å². The molecule has 4 aromatic rings. The molecule has 2 bridgehead atoms. The van der Waals surface area contributed by atoms with Crippen LogP contribution in [0, 0.1) is 11.3 Å². The SMILES string of the molecule is Cn1cc2cc(-c3ccc(C(=O)N4C5CCC4CC(N)C5)cc3-c3ccc(C#N)cc3)ccc2n1. The Labute approximate surface area is 204 Å². The zero-order valence-corrected chi connectivity index (χ0v) is 19.7. The molecule has 2 fully saturated rings. The second-order valence-electron chi connectivity index (χ2n) is 9.85. The maximum atomic E-state index is 13.7. The van der Waals surface area contributed by atoms with Gasteiger partial charge in [0, 0.05) is 42.3 Å². The summed E-state index contributed by atoms with van der Waals surface area (Å²) in [6.07, 6.45) is 5.85. The zero-order valence-electron chi connectivity index (χ0n) is 19.7. The van der Waals surface area contributed by atoms with Crippen molar-refractivity contribution in [1.82, 2.24) is 14.7 Å². The van der Waals surface area contributed by atoms with Crippen LogP contribution in [-0.4, -0.2) is 38.7 Å². The third-order valence-corrected chi connectivity index (χ3v) is 7.53. The van der Waals surface area contributed by atoms with E-state index in [4.69, 9.17) is 5.73 Å². The number of hydrogen-bond acceptors (Lipinski definition) is 4. The zero-order chi connectivity index (χ0) is 24.1. The molecule has 2 saturated heterocycles. The van der Waals surface area contributed by atoms with Gasteiger partial charge in [-0.1, -0.05) is 24.3 Å². The largest absolute Gasteiger partial charge is 0.333 e. The summed E-state index contributed by atoms with van der Waals surface area (Å²) in [6, 6.07) is 22.7. The monoisotopic (exact) mass is 461 g/mol. The molecule has 0 saturated carbocycles. The number of hydrogen-bond donors (Lipinski definition) is 1. The Morgan fingerprint density at radius 1 is 0.971 bits per heavy atom. The van der Waals surface area contributed by atoms with Crippen LogP contribution in [0.4, 0.5) is 0 Å². The van der Waals surface area contributed by atoms with Gasteiger partial charge in [0.25, 0.3) is 5.91 Å². The minimum absolute atomic E-state index is 0.0913. The molecule has 2 atom stereocenters. The van der Waals surface area contributed by atoms with E-state index in [2.05, 4.69) is 34.3 Å². The topological polar surface area (TPSA) is 87.9 Å². The highest BCUT2D eigenvalue weighted by Crippen LogP contribution is 2.38. The Hall–Kier alpha value is -3.95. The smallest absolute Gasteiger partial charge is 0.254 e. The standard InChI is InChI=1S/C29H27N5O/c1-33-17-22-12-20(7-11-28(22)32-33)26-10-6-21(13-27(26)19-4-2-18(16-30)3-5-19)29(35)34-24-8-9-25(34)15-23(31)14-24/h2-7,10-13,17,23-25H,8-9,14-15,31H2,1H3. The summed E-state index contributed by atoms with van der Waals surface area (Å²) in [5.74, 6) is 0.0913. The van der Waals surface area contributed by atoms with Gasteiger partial charge in [0.15, 0.2) is 0 Å². The van der Waals surface area contributed by atoms with E-state index in [0.717, 1.165) is 58.8 Å². The fourth-order valence-corrected chi connectivity index (χ4v) is 5.91. The number of carbonyl (C=O) groups excluding carboxylic acids is 1. The normalized spacial score (nSPS) is 21.3. The third kappa shape index (κ3) is 3.78. The number of aromatic nitrogens is 2. The van der Waals surface area contributed by atoms with Crippen LogP contribution in [0.3, 0.4) is 0 Å². The fourth-order valence-electron chi connectivity index (χ4n) is 5.91. The van der Waals surface area contributed by atoms with Crippen molar-refractivity contribution < 1.29 is 4.79 Å². The number of amides is 1. The highest BCUT2D eigenvalue weighted by molar-refractivity contribution is 5.99. The molecule has 174 valence electrons. The summed E-state index contributed by atoms with van der Waals surface area (Å²) >= 11 is 0. The third-order valence-electron chi connectivity index (χ3n) is 7.53. The number of nitriles is 1. The number of fused-ring (bicyclic) bond motifs is 3. The number of rotatable bonds is 3. The van der Waals surface area contributed by atoms with Gasteiger partial charge in [0.1, 0.15) is 0 Å². The molecule has 0 radical (unpaired) electrons. The van der Waals surface area contributed by atoms with Gasteiger partial charge in [-0.2, -0.15) is 10.4 Å². The van der Waals surface area contributed by atoms with Crippen molar-refractivity contribution in [3.63, 3.8) is 0 Å². The van der Waals surface area contributed by atoms with E-state index >= 15 is 0 Å². The lowest BCUT2D eigenvalue weighted by Gasteiger charge is -2.38. The minimum Gasteiger partial charge on any atom is -0.333 e. The van der Waals surface area contributed by atoms with Gasteiger partial charge >= 0.3 is 0 Å². The number of carbonyl (C=O) groups is 1. The Balaban J connectivity index is 1.45. The van der Waals surface area contributed by atoms with E-state index in [1.54, 1.807) is 0 Å². The van der Waals surface area contributed by atoms with Gasteiger partial charge in [-0.05, 0) is 84.3 Å². The molecule has 0 aliphatic carbocycles. The van der Waals surface area contributed by atoms with Crippen molar-refractivity contribution in [2.45, 2.75) is 43.8 Å². The first-order valence-corrected chi connectivity index (χ1v) is 12.2. The summed E-state index contributed by atoms with van der Waals surface area (Å²) in [5.41, 5.74) is 12.6. The predicted octanol–water partition coefficient (Wildman–Crippen LogP) is 4.87. The Bertz CT molecular complexity index is 1470. The lowest BCUT2D eigenvalue weighted by Crippen LogP contribution is -2.50. The summed E-state index contributed by atoms with van der Waals surface area (Å²) in [5, 5.41) is 14.8. The predicted molar refractivity (Wildman–Crippen MR) is 136 cm³/mol. The highest BCUT2D eigenvalue weighted by atomic mass is 16.2. The molecule has 0 spiro atoms. The molecule has 1 amide bonds. The molecular weight excluding hydrogens is 434 g/mol. The van der Waals surface area contributed by atoms with Crippen LogP contribution < -0.4 is 5.73 Å². The first-order valence-electron chi connectivity index (χ1n) is 12.2. The van der Waals surface area contributed by atoms with Crippen LogP contribution in [-0.2, 0) is 7.05 Å². The molecule has 35 heavy (non-hydrogen) atoms. The molecule has 2 aliphatic rings. The first-order chi connectivity index (χ1) is 17.0. The Morgan fingerprint density at radius 2 is 1.69 bits per heavy atom. The van der Waals surface area contributed by atoms with Gasteiger partial charge in [0.05, 0.1) is 17.1 Å². The van der Waals surface area contributed by atoms with Gasteiger partial charge in [-0.15, -0.1) is 0 Å². The van der Waals surface area contributed by atoms with E-state index in [1.807, 2.05) is 60.4 Å². The lowest BCUT2D eigenvalue weighted by atomic mass is 9.91. The van der Waals surface area contributed by atoms with Crippen molar-refractivity contribution >= 4 is 16.8 Å². The van der Waals surface area contributed by atoms with Crippen molar-refractivity contribution in [2.75, 3.05) is 0 Å². The Kier molecular flexibility index (Phi) is 5.16. The Morgan fingerprint density at radius 3 is 2.40 bits per heavy atom. The van der Waals surface area contributed by atoms with Gasteiger partial charge in [0.2, 0.25) is 0 Å². The lowest BCUT2D eigenvalue weighted by molar-refractivity contribution is 0.0575. The average molecular weight is 462 g/mol. The van der Waals surface area contributed by atoms with E-state index < -0.39 is 0 Å². The maximum absolute atomic E-state index is 13.7. The molecule has 6 nitrogen and oxygen atoms in total. The highest BCUT2D eigenvalue weighted by Gasteiger charge is 2.42. The van der Waals surface area contributed by atoms with Crippen molar-refractivity contribution in [3.05, 3.63) is 78.0 Å². The molecule has 1 aromatic heterocycles. The average Bonchev–Trinajstić information content (AvgIpc) is 3.38. The number of benzene rings is 3. The van der Waals surface area contributed by atoms with Crippen LogP contribution in [0.1, 0.15) is 41.6 Å². The molecule has 2 unspecified atom stereocenters. The van der Waals surface area contributed by atoms with E-state index in [1.165, 1.54) is 0 Å². The van der Waals surface area contributed by atoms with Crippen LogP contribution in [0.5, 0.6) is 0 Å². The maximum Gasteiger partial charge on any atom is 0.254 e. The number of aryl methyl sites for hydroxylation is 1. The molecule has 2 aliphatic heterocycles. The van der Waals surface area contributed by atoms with E-state index in [0.29, 0.717) is 11.1 Å². The fraction of sp³-hybridized carbons (Fsp3) is 0.276. The number of piperidine rings is 1. The van der Waals surface area contributed by atoms with Gasteiger partial charge < -0.3 is 10.6 Å². The molecule has 2 N–H and O–H groups in total. The van der Waals surface area contributed by atoms with E-state index in [-0.39, 0.29) is 24.0 Å². The second kappa shape index (κ2) is 8.37. The summed E-state index contributed by atoms with van der Waals surface area (Å²) < 4.78 is 1.82. The minimum atomic E-state index is 0.0913. The molecule has 3 aromatic carbocycles. The van der Waals surface area contributed by atoms with Crippen LogP contribution in [0.2, 0.25) is 0 Å². The van der Waals surface area contributed by atoms with Crippen LogP contribution >= 0.6 is 0 Å². The number of nitrogens with zero attached hydrogens (tertiary/aromatic N) is 4. The number of nitrogens with two attached hydrogens (primary N) is 1.